The first kappa shape index (κ1) is 25.1. The number of aromatic nitrogens is 1. The molecule has 7 heteroatoms. The number of rotatable bonds is 9. The van der Waals surface area contributed by atoms with Crippen molar-refractivity contribution >= 4 is 17.8 Å². The zero-order valence-corrected chi connectivity index (χ0v) is 20.5. The SMILES string of the molecule is CN(CCc1ccncc1)C(=O)c1ccc2c(c1)C[C@H](CC(=O)O)C(=O)N(CCc1ccccc1)C2. The number of nitrogens with zero attached hydrogens (tertiary/aromatic N) is 3. The lowest BCUT2D eigenvalue weighted by Crippen LogP contribution is -2.37. The summed E-state index contributed by atoms with van der Waals surface area (Å²) in [6, 6.07) is 19.4. The molecule has 0 fully saturated rings. The minimum absolute atomic E-state index is 0.0989. The molecule has 4 rings (SSSR count). The maximum Gasteiger partial charge on any atom is 0.304 e. The fourth-order valence-electron chi connectivity index (χ4n) is 4.63. The number of amides is 2. The van der Waals surface area contributed by atoms with Gasteiger partial charge in [0.1, 0.15) is 0 Å². The highest BCUT2D eigenvalue weighted by Crippen LogP contribution is 2.27. The number of pyridine rings is 1. The van der Waals surface area contributed by atoms with Crippen molar-refractivity contribution in [3.8, 4) is 0 Å². The molecule has 7 nitrogen and oxygen atoms in total. The fraction of sp³-hybridized carbons (Fsp3) is 0.310. The van der Waals surface area contributed by atoms with E-state index in [2.05, 4.69) is 4.98 Å². The molecule has 0 spiro atoms. The van der Waals surface area contributed by atoms with Gasteiger partial charge in [0.2, 0.25) is 5.91 Å². The molecule has 0 saturated carbocycles. The number of likely N-dealkylation sites (N-methyl/N-ethyl adjacent to an activating group) is 1. The lowest BCUT2D eigenvalue weighted by molar-refractivity contribution is -0.144. The van der Waals surface area contributed by atoms with Crippen molar-refractivity contribution in [2.45, 2.75) is 32.2 Å². The van der Waals surface area contributed by atoms with Gasteiger partial charge in [-0.15, -0.1) is 0 Å². The third-order valence-electron chi connectivity index (χ3n) is 6.71. The lowest BCUT2D eigenvalue weighted by atomic mass is 9.93. The summed E-state index contributed by atoms with van der Waals surface area (Å²) in [4.78, 5) is 45.4. The van der Waals surface area contributed by atoms with Gasteiger partial charge in [-0.3, -0.25) is 19.4 Å². The van der Waals surface area contributed by atoms with E-state index in [1.54, 1.807) is 29.2 Å². The highest BCUT2D eigenvalue weighted by Gasteiger charge is 2.31. The molecule has 2 heterocycles. The van der Waals surface area contributed by atoms with Gasteiger partial charge in [0.05, 0.1) is 12.3 Å². The minimum atomic E-state index is -0.997. The average molecular weight is 486 g/mol. The van der Waals surface area contributed by atoms with Crippen molar-refractivity contribution in [1.29, 1.82) is 0 Å². The molecule has 3 aromatic rings. The Morgan fingerprint density at radius 1 is 1.00 bits per heavy atom. The van der Waals surface area contributed by atoms with Crippen molar-refractivity contribution in [1.82, 2.24) is 14.8 Å². The smallest absolute Gasteiger partial charge is 0.304 e. The Labute approximate surface area is 211 Å². The minimum Gasteiger partial charge on any atom is -0.481 e. The predicted molar refractivity (Wildman–Crippen MR) is 136 cm³/mol. The largest absolute Gasteiger partial charge is 0.481 e. The van der Waals surface area contributed by atoms with Crippen LogP contribution in [-0.4, -0.2) is 57.8 Å². The molecule has 0 saturated heterocycles. The van der Waals surface area contributed by atoms with E-state index in [1.807, 2.05) is 60.7 Å². The normalized spacial score (nSPS) is 15.2. The number of carboxylic acid groups (broad SMARTS) is 1. The van der Waals surface area contributed by atoms with Crippen LogP contribution in [0, 0.1) is 5.92 Å². The summed E-state index contributed by atoms with van der Waals surface area (Å²) in [5, 5.41) is 9.45. The van der Waals surface area contributed by atoms with Gasteiger partial charge < -0.3 is 14.9 Å². The van der Waals surface area contributed by atoms with Crippen molar-refractivity contribution in [3.63, 3.8) is 0 Å². The van der Waals surface area contributed by atoms with E-state index >= 15 is 0 Å². The van der Waals surface area contributed by atoms with Gasteiger partial charge in [-0.25, -0.2) is 0 Å². The Hall–Kier alpha value is -4.00. The van der Waals surface area contributed by atoms with Crippen molar-refractivity contribution in [3.05, 3.63) is 101 Å². The molecule has 2 amide bonds. The molecule has 0 radical (unpaired) electrons. The molecule has 0 bridgehead atoms. The predicted octanol–water partition coefficient (Wildman–Crippen LogP) is 3.61. The van der Waals surface area contributed by atoms with E-state index in [1.165, 1.54) is 0 Å². The Balaban J connectivity index is 1.51. The van der Waals surface area contributed by atoms with Gasteiger partial charge in [-0.2, -0.15) is 0 Å². The van der Waals surface area contributed by atoms with Crippen molar-refractivity contribution < 1.29 is 19.5 Å². The van der Waals surface area contributed by atoms with Crippen LogP contribution in [0.2, 0.25) is 0 Å². The molecule has 1 aliphatic heterocycles. The lowest BCUT2D eigenvalue weighted by Gasteiger charge is -2.24. The Bertz CT molecular complexity index is 1210. The zero-order valence-electron chi connectivity index (χ0n) is 20.5. The van der Waals surface area contributed by atoms with Crippen LogP contribution < -0.4 is 0 Å². The first-order chi connectivity index (χ1) is 17.4. The molecule has 2 aromatic carbocycles. The zero-order chi connectivity index (χ0) is 25.5. The Morgan fingerprint density at radius 3 is 2.44 bits per heavy atom. The summed E-state index contributed by atoms with van der Waals surface area (Å²) in [6.45, 7) is 1.48. The number of benzene rings is 2. The molecular weight excluding hydrogens is 454 g/mol. The third-order valence-corrected chi connectivity index (χ3v) is 6.71. The highest BCUT2D eigenvalue weighted by molar-refractivity contribution is 5.94. The van der Waals surface area contributed by atoms with Gasteiger partial charge >= 0.3 is 5.97 Å². The molecular formula is C29H31N3O4. The summed E-state index contributed by atoms with van der Waals surface area (Å²) < 4.78 is 0. The second-order valence-corrected chi connectivity index (χ2v) is 9.31. The monoisotopic (exact) mass is 485 g/mol. The molecule has 0 aliphatic carbocycles. The first-order valence-electron chi connectivity index (χ1n) is 12.2. The number of hydrogen-bond acceptors (Lipinski definition) is 4. The van der Waals surface area contributed by atoms with E-state index in [0.717, 1.165) is 28.7 Å². The van der Waals surface area contributed by atoms with E-state index in [4.69, 9.17) is 0 Å². The number of hydrogen-bond donors (Lipinski definition) is 1. The molecule has 186 valence electrons. The van der Waals surface area contributed by atoms with E-state index in [0.29, 0.717) is 38.0 Å². The van der Waals surface area contributed by atoms with Gasteiger partial charge in [0.15, 0.2) is 0 Å². The van der Waals surface area contributed by atoms with Crippen LogP contribution in [-0.2, 0) is 35.4 Å². The average Bonchev–Trinajstić information content (AvgIpc) is 3.02. The van der Waals surface area contributed by atoms with Crippen LogP contribution >= 0.6 is 0 Å². The van der Waals surface area contributed by atoms with E-state index in [-0.39, 0.29) is 18.2 Å². The number of carbonyl (C=O) groups is 3. The second-order valence-electron chi connectivity index (χ2n) is 9.31. The Kier molecular flexibility index (Phi) is 8.10. The first-order valence-corrected chi connectivity index (χ1v) is 12.2. The number of carbonyl (C=O) groups excluding carboxylic acids is 2. The van der Waals surface area contributed by atoms with Crippen LogP contribution in [0.15, 0.2) is 73.1 Å². The Morgan fingerprint density at radius 2 is 1.72 bits per heavy atom. The quantitative estimate of drug-likeness (QED) is 0.500. The highest BCUT2D eigenvalue weighted by atomic mass is 16.4. The molecule has 1 aliphatic rings. The summed E-state index contributed by atoms with van der Waals surface area (Å²) in [5.74, 6) is -1.90. The van der Waals surface area contributed by atoms with E-state index in [9.17, 15) is 19.5 Å². The maximum absolute atomic E-state index is 13.3. The maximum atomic E-state index is 13.3. The van der Waals surface area contributed by atoms with Crippen LogP contribution in [0.3, 0.4) is 0 Å². The fourth-order valence-corrected chi connectivity index (χ4v) is 4.63. The molecule has 36 heavy (non-hydrogen) atoms. The number of fused-ring (bicyclic) bond motifs is 1. The van der Waals surface area contributed by atoms with Gasteiger partial charge in [0.25, 0.3) is 5.91 Å². The van der Waals surface area contributed by atoms with E-state index < -0.39 is 11.9 Å². The summed E-state index contributed by atoms with van der Waals surface area (Å²) in [6.07, 6.45) is 4.97. The number of carboxylic acids is 1. The molecule has 0 unspecified atom stereocenters. The van der Waals surface area contributed by atoms with Gasteiger partial charge in [-0.05, 0) is 65.8 Å². The van der Waals surface area contributed by atoms with Gasteiger partial charge in [0, 0.05) is 44.6 Å². The van der Waals surface area contributed by atoms with Crippen LogP contribution in [0.5, 0.6) is 0 Å². The second kappa shape index (κ2) is 11.6. The van der Waals surface area contributed by atoms with Crippen LogP contribution in [0.1, 0.15) is 39.0 Å². The van der Waals surface area contributed by atoms with Crippen LogP contribution in [0.25, 0.3) is 0 Å². The third kappa shape index (κ3) is 6.36. The molecule has 1 atom stereocenters. The van der Waals surface area contributed by atoms with Crippen molar-refractivity contribution in [2.75, 3.05) is 20.1 Å². The molecule has 1 N–H and O–H groups in total. The summed E-state index contributed by atoms with van der Waals surface area (Å²) in [5.41, 5.74) is 4.60. The van der Waals surface area contributed by atoms with Gasteiger partial charge in [-0.1, -0.05) is 36.4 Å². The standard InChI is InChI=1S/C29H31N3O4/c1-31(15-11-22-9-13-30-14-10-22)28(35)23-7-8-24-20-32(16-12-21-5-3-2-4-6-21)29(36)26(19-27(33)34)18-25(24)17-23/h2-10,13-14,17,26H,11-12,15-16,18-20H2,1H3,(H,33,34)/t26-/m1/s1. The topological polar surface area (TPSA) is 90.8 Å². The van der Waals surface area contributed by atoms with Crippen molar-refractivity contribution in [2.24, 2.45) is 5.92 Å². The molecule has 1 aromatic heterocycles. The summed E-state index contributed by atoms with van der Waals surface area (Å²) in [7, 11) is 1.78. The number of aliphatic carboxylic acids is 1. The van der Waals surface area contributed by atoms with Crippen LogP contribution in [0.4, 0.5) is 0 Å². The summed E-state index contributed by atoms with van der Waals surface area (Å²) >= 11 is 0.